The molecule has 0 aromatic heterocycles. The Balaban J connectivity index is 2.08. The summed E-state index contributed by atoms with van der Waals surface area (Å²) in [5.74, 6) is 0.735. The van der Waals surface area contributed by atoms with Crippen molar-refractivity contribution in [2.75, 3.05) is 26.4 Å². The zero-order valence-electron chi connectivity index (χ0n) is 15.6. The minimum atomic E-state index is -0.430. The first kappa shape index (κ1) is 21.6. The Morgan fingerprint density at radius 2 is 1.68 bits per heavy atom. The number of hydrogen-bond donors (Lipinski definition) is 2. The zero-order chi connectivity index (χ0) is 20.2. The van der Waals surface area contributed by atoms with E-state index in [4.69, 9.17) is 19.7 Å². The molecule has 7 nitrogen and oxygen atoms in total. The molecule has 28 heavy (non-hydrogen) atoms. The highest BCUT2D eigenvalue weighted by Crippen LogP contribution is 2.22. The van der Waals surface area contributed by atoms with Gasteiger partial charge in [-0.25, -0.2) is 0 Å². The SMILES string of the molecule is O=[N+]([O-])c1ccc(/C=C/c2ccc(OCCCO)cc2)c(COCCCO)c1. The molecule has 150 valence electrons. The second kappa shape index (κ2) is 11.9. The van der Waals surface area contributed by atoms with Gasteiger partial charge in [-0.05, 0) is 41.3 Å². The van der Waals surface area contributed by atoms with Crippen molar-refractivity contribution in [1.29, 1.82) is 0 Å². The largest absolute Gasteiger partial charge is 0.494 e. The van der Waals surface area contributed by atoms with Gasteiger partial charge in [-0.1, -0.05) is 24.3 Å². The predicted molar refractivity (Wildman–Crippen MR) is 107 cm³/mol. The van der Waals surface area contributed by atoms with Crippen LogP contribution in [0, 0.1) is 10.1 Å². The molecule has 0 aliphatic heterocycles. The topological polar surface area (TPSA) is 102 Å². The maximum atomic E-state index is 11.0. The molecule has 2 aromatic rings. The second-order valence-electron chi connectivity index (χ2n) is 6.10. The molecule has 0 saturated carbocycles. The van der Waals surface area contributed by atoms with E-state index >= 15 is 0 Å². The van der Waals surface area contributed by atoms with Crippen molar-refractivity contribution < 1.29 is 24.6 Å². The molecule has 0 spiro atoms. The lowest BCUT2D eigenvalue weighted by molar-refractivity contribution is -0.385. The summed E-state index contributed by atoms with van der Waals surface area (Å²) < 4.78 is 11.0. The van der Waals surface area contributed by atoms with Crippen molar-refractivity contribution >= 4 is 17.8 Å². The van der Waals surface area contributed by atoms with Crippen LogP contribution in [-0.4, -0.2) is 41.6 Å². The van der Waals surface area contributed by atoms with E-state index in [-0.39, 0.29) is 25.5 Å². The van der Waals surface area contributed by atoms with Crippen LogP contribution in [-0.2, 0) is 11.3 Å². The fraction of sp³-hybridized carbons (Fsp3) is 0.333. The summed E-state index contributed by atoms with van der Waals surface area (Å²) in [5, 5.41) is 28.6. The standard InChI is InChI=1S/C21H25NO6/c23-11-1-13-27-16-19-15-20(22(25)26)8-7-18(19)6-3-17-4-9-21(10-5-17)28-14-2-12-24/h3-10,15,23-24H,1-2,11-14,16H2/b6-3+. The zero-order valence-corrected chi connectivity index (χ0v) is 15.6. The van der Waals surface area contributed by atoms with Gasteiger partial charge < -0.3 is 19.7 Å². The minimum Gasteiger partial charge on any atom is -0.494 e. The number of ether oxygens (including phenoxy) is 2. The second-order valence-corrected chi connectivity index (χ2v) is 6.10. The van der Waals surface area contributed by atoms with Gasteiger partial charge in [0.25, 0.3) is 5.69 Å². The Labute approximate surface area is 164 Å². The third-order valence-electron chi connectivity index (χ3n) is 3.95. The molecule has 0 fully saturated rings. The first-order valence-electron chi connectivity index (χ1n) is 9.11. The third-order valence-corrected chi connectivity index (χ3v) is 3.95. The molecule has 0 bridgehead atoms. The molecule has 0 atom stereocenters. The van der Waals surface area contributed by atoms with E-state index in [1.807, 2.05) is 36.4 Å². The van der Waals surface area contributed by atoms with Crippen molar-refractivity contribution in [3.63, 3.8) is 0 Å². The van der Waals surface area contributed by atoms with E-state index in [1.54, 1.807) is 6.07 Å². The number of non-ortho nitro benzene ring substituents is 1. The van der Waals surface area contributed by atoms with Gasteiger partial charge in [0.05, 0.1) is 18.1 Å². The smallest absolute Gasteiger partial charge is 0.269 e. The van der Waals surface area contributed by atoms with Crippen LogP contribution in [0.5, 0.6) is 5.75 Å². The highest BCUT2D eigenvalue weighted by molar-refractivity contribution is 5.72. The molecule has 2 rings (SSSR count). The quantitative estimate of drug-likeness (QED) is 0.250. The van der Waals surface area contributed by atoms with Crippen LogP contribution < -0.4 is 4.74 Å². The Hall–Kier alpha value is -2.74. The number of aliphatic hydroxyl groups excluding tert-OH is 2. The van der Waals surface area contributed by atoms with E-state index in [2.05, 4.69) is 0 Å². The van der Waals surface area contributed by atoms with Gasteiger partial charge >= 0.3 is 0 Å². The molecule has 0 unspecified atom stereocenters. The van der Waals surface area contributed by atoms with Gasteiger partial charge in [0.1, 0.15) is 5.75 Å². The van der Waals surface area contributed by atoms with Crippen LogP contribution in [0.1, 0.15) is 29.5 Å². The van der Waals surface area contributed by atoms with Crippen LogP contribution in [0.15, 0.2) is 42.5 Å². The summed E-state index contributed by atoms with van der Waals surface area (Å²) in [6.07, 6.45) is 4.91. The average Bonchev–Trinajstić information content (AvgIpc) is 2.71. The summed E-state index contributed by atoms with van der Waals surface area (Å²) >= 11 is 0. The number of nitrogens with zero attached hydrogens (tertiary/aromatic N) is 1. The Bertz CT molecular complexity index is 773. The lowest BCUT2D eigenvalue weighted by Crippen LogP contribution is -2.00. The number of hydrogen-bond acceptors (Lipinski definition) is 6. The van der Waals surface area contributed by atoms with Crippen LogP contribution >= 0.6 is 0 Å². The van der Waals surface area contributed by atoms with Gasteiger partial charge in [-0.3, -0.25) is 10.1 Å². The Kier molecular flexibility index (Phi) is 9.14. The number of nitro groups is 1. The first-order chi connectivity index (χ1) is 13.6. The van der Waals surface area contributed by atoms with Crippen LogP contribution in [0.25, 0.3) is 12.2 Å². The van der Waals surface area contributed by atoms with E-state index in [0.29, 0.717) is 31.6 Å². The monoisotopic (exact) mass is 387 g/mol. The maximum Gasteiger partial charge on any atom is 0.269 e. The Morgan fingerprint density at radius 3 is 2.36 bits per heavy atom. The predicted octanol–water partition coefficient (Wildman–Crippen LogP) is 3.43. The van der Waals surface area contributed by atoms with Gasteiger partial charge in [0, 0.05) is 38.4 Å². The summed E-state index contributed by atoms with van der Waals surface area (Å²) in [4.78, 5) is 10.6. The van der Waals surface area contributed by atoms with Crippen molar-refractivity contribution in [3.05, 3.63) is 69.3 Å². The third kappa shape index (κ3) is 7.11. The average molecular weight is 387 g/mol. The molecule has 2 aromatic carbocycles. The van der Waals surface area contributed by atoms with Crippen molar-refractivity contribution in [1.82, 2.24) is 0 Å². The molecular formula is C21H25NO6. The minimum absolute atomic E-state index is 0.0160. The number of benzene rings is 2. The molecular weight excluding hydrogens is 362 g/mol. The lowest BCUT2D eigenvalue weighted by Gasteiger charge is -2.08. The number of rotatable bonds is 12. The number of aliphatic hydroxyl groups is 2. The number of nitro benzene ring substituents is 1. The van der Waals surface area contributed by atoms with E-state index in [1.165, 1.54) is 12.1 Å². The summed E-state index contributed by atoms with van der Waals surface area (Å²) in [5.41, 5.74) is 2.52. The molecule has 0 radical (unpaired) electrons. The van der Waals surface area contributed by atoms with Gasteiger partial charge in [-0.15, -0.1) is 0 Å². The van der Waals surface area contributed by atoms with Gasteiger partial charge in [0.15, 0.2) is 0 Å². The van der Waals surface area contributed by atoms with Gasteiger partial charge in [0.2, 0.25) is 0 Å². The fourth-order valence-corrected chi connectivity index (χ4v) is 2.46. The fourth-order valence-electron chi connectivity index (χ4n) is 2.46. The molecule has 7 heteroatoms. The van der Waals surface area contributed by atoms with Gasteiger partial charge in [-0.2, -0.15) is 0 Å². The Morgan fingerprint density at radius 1 is 0.964 bits per heavy atom. The molecule has 0 aliphatic carbocycles. The van der Waals surface area contributed by atoms with E-state index in [9.17, 15) is 10.1 Å². The summed E-state index contributed by atoms with van der Waals surface area (Å²) in [6, 6.07) is 12.2. The molecule has 0 aliphatic rings. The molecule has 2 N–H and O–H groups in total. The maximum absolute atomic E-state index is 11.0. The summed E-state index contributed by atoms with van der Waals surface area (Å²) in [6.45, 7) is 1.23. The van der Waals surface area contributed by atoms with Crippen LogP contribution in [0.4, 0.5) is 5.69 Å². The molecule has 0 saturated heterocycles. The van der Waals surface area contributed by atoms with Crippen LogP contribution in [0.2, 0.25) is 0 Å². The van der Waals surface area contributed by atoms with E-state index in [0.717, 1.165) is 16.9 Å². The highest BCUT2D eigenvalue weighted by atomic mass is 16.6. The first-order valence-corrected chi connectivity index (χ1v) is 9.11. The molecule has 0 amide bonds. The van der Waals surface area contributed by atoms with Crippen molar-refractivity contribution in [2.24, 2.45) is 0 Å². The van der Waals surface area contributed by atoms with Crippen molar-refractivity contribution in [2.45, 2.75) is 19.4 Å². The normalized spacial score (nSPS) is 11.1. The lowest BCUT2D eigenvalue weighted by atomic mass is 10.1. The summed E-state index contributed by atoms with van der Waals surface area (Å²) in [7, 11) is 0. The van der Waals surface area contributed by atoms with Crippen LogP contribution in [0.3, 0.4) is 0 Å². The van der Waals surface area contributed by atoms with E-state index < -0.39 is 4.92 Å². The molecule has 0 heterocycles. The highest BCUT2D eigenvalue weighted by Gasteiger charge is 2.09. The van der Waals surface area contributed by atoms with Crippen molar-refractivity contribution in [3.8, 4) is 5.75 Å².